The smallest absolute Gasteiger partial charge is 0.338 e. The zero-order valence-electron chi connectivity index (χ0n) is 12.5. The number of benzene rings is 2. The number of carbonyl (C=O) groups is 2. The molecule has 0 atom stereocenters. The van der Waals surface area contributed by atoms with E-state index in [1.807, 2.05) is 30.3 Å². The molecule has 0 heterocycles. The van der Waals surface area contributed by atoms with Crippen LogP contribution in [0.5, 0.6) is 11.5 Å². The highest BCUT2D eigenvalue weighted by Crippen LogP contribution is 2.38. The molecule has 0 aliphatic carbocycles. The lowest BCUT2D eigenvalue weighted by atomic mass is 10.0. The molecule has 4 heteroatoms. The summed E-state index contributed by atoms with van der Waals surface area (Å²) in [5.41, 5.74) is 1.77. The fourth-order valence-corrected chi connectivity index (χ4v) is 1.88. The van der Waals surface area contributed by atoms with Gasteiger partial charge in [-0.15, -0.1) is 0 Å². The van der Waals surface area contributed by atoms with Gasteiger partial charge in [-0.2, -0.15) is 0 Å². The van der Waals surface area contributed by atoms with Gasteiger partial charge in [-0.25, -0.2) is 4.79 Å². The van der Waals surface area contributed by atoms with Gasteiger partial charge in [0.25, 0.3) is 0 Å². The number of carbonyl (C=O) groups excluding carboxylic acids is 2. The van der Waals surface area contributed by atoms with Crippen LogP contribution in [0.1, 0.15) is 13.8 Å². The lowest BCUT2D eigenvalue weighted by Gasteiger charge is -2.14. The Morgan fingerprint density at radius 2 is 1.59 bits per heavy atom. The summed E-state index contributed by atoms with van der Waals surface area (Å²) in [6.07, 6.45) is 0. The minimum atomic E-state index is -0.572. The standard InChI is InChI=1S/C18H16O4/c1-12(2)18(20)22-17-15(14-8-5-4-6-9-14)10-7-11-16(17)21-13(3)19/h4-11H,1H2,2-3H3. The van der Waals surface area contributed by atoms with E-state index in [1.54, 1.807) is 25.1 Å². The highest BCUT2D eigenvalue weighted by molar-refractivity contribution is 5.91. The summed E-state index contributed by atoms with van der Waals surface area (Å²) in [4.78, 5) is 23.1. The lowest BCUT2D eigenvalue weighted by molar-refractivity contribution is -0.133. The Bertz CT molecular complexity index is 717. The van der Waals surface area contributed by atoms with Crippen LogP contribution >= 0.6 is 0 Å². The second-order valence-corrected chi connectivity index (χ2v) is 4.76. The van der Waals surface area contributed by atoms with Crippen LogP contribution in [0, 0.1) is 0 Å². The van der Waals surface area contributed by atoms with Crippen LogP contribution in [0.15, 0.2) is 60.7 Å². The summed E-state index contributed by atoms with van der Waals surface area (Å²) >= 11 is 0. The molecule has 0 saturated carbocycles. The lowest BCUT2D eigenvalue weighted by Crippen LogP contribution is -2.11. The Balaban J connectivity index is 2.55. The zero-order chi connectivity index (χ0) is 16.1. The highest BCUT2D eigenvalue weighted by atomic mass is 16.6. The fourth-order valence-electron chi connectivity index (χ4n) is 1.88. The third-order valence-electron chi connectivity index (χ3n) is 2.86. The van der Waals surface area contributed by atoms with Crippen molar-refractivity contribution in [2.75, 3.05) is 0 Å². The van der Waals surface area contributed by atoms with Crippen LogP contribution in [0.3, 0.4) is 0 Å². The predicted octanol–water partition coefficient (Wildman–Crippen LogP) is 3.76. The molecule has 0 fully saturated rings. The topological polar surface area (TPSA) is 52.6 Å². The molecule has 0 N–H and O–H groups in total. The van der Waals surface area contributed by atoms with Crippen LogP contribution in [-0.2, 0) is 9.59 Å². The average molecular weight is 296 g/mol. The van der Waals surface area contributed by atoms with Gasteiger partial charge in [-0.05, 0) is 18.6 Å². The maximum Gasteiger partial charge on any atom is 0.338 e. The summed E-state index contributed by atoms with van der Waals surface area (Å²) in [5.74, 6) is -0.657. The molecule has 4 nitrogen and oxygen atoms in total. The van der Waals surface area contributed by atoms with Crippen LogP contribution in [0.2, 0.25) is 0 Å². The van der Waals surface area contributed by atoms with Crippen LogP contribution in [0.25, 0.3) is 11.1 Å². The number of rotatable bonds is 4. The van der Waals surface area contributed by atoms with Gasteiger partial charge >= 0.3 is 11.9 Å². The molecule has 0 radical (unpaired) electrons. The van der Waals surface area contributed by atoms with Gasteiger partial charge in [0.05, 0.1) is 0 Å². The summed E-state index contributed by atoms with van der Waals surface area (Å²) in [6, 6.07) is 14.5. The minimum Gasteiger partial charge on any atom is -0.423 e. The van der Waals surface area contributed by atoms with Gasteiger partial charge in [0.15, 0.2) is 11.5 Å². The molecule has 2 aromatic carbocycles. The molecule has 0 aliphatic rings. The second kappa shape index (κ2) is 6.72. The van der Waals surface area contributed by atoms with Crippen molar-refractivity contribution in [2.24, 2.45) is 0 Å². The van der Waals surface area contributed by atoms with Crippen molar-refractivity contribution in [2.45, 2.75) is 13.8 Å². The van der Waals surface area contributed by atoms with E-state index in [2.05, 4.69) is 6.58 Å². The largest absolute Gasteiger partial charge is 0.423 e. The van der Waals surface area contributed by atoms with Crippen molar-refractivity contribution in [3.8, 4) is 22.6 Å². The molecule has 0 saturated heterocycles. The number of hydrogen-bond donors (Lipinski definition) is 0. The van der Waals surface area contributed by atoms with E-state index in [0.29, 0.717) is 5.56 Å². The molecule has 0 aliphatic heterocycles. The summed E-state index contributed by atoms with van der Waals surface area (Å²) in [5, 5.41) is 0. The Labute approximate surface area is 129 Å². The maximum atomic E-state index is 11.9. The van der Waals surface area contributed by atoms with Crippen molar-refractivity contribution in [3.63, 3.8) is 0 Å². The molecular weight excluding hydrogens is 280 g/mol. The van der Waals surface area contributed by atoms with Gasteiger partial charge in [0.2, 0.25) is 0 Å². The van der Waals surface area contributed by atoms with E-state index in [1.165, 1.54) is 6.92 Å². The summed E-state index contributed by atoms with van der Waals surface area (Å²) in [7, 11) is 0. The van der Waals surface area contributed by atoms with Crippen molar-refractivity contribution in [1.82, 2.24) is 0 Å². The molecule has 2 rings (SSSR count). The number of ether oxygens (including phenoxy) is 2. The van der Waals surface area contributed by atoms with Crippen molar-refractivity contribution >= 4 is 11.9 Å². The van der Waals surface area contributed by atoms with Crippen LogP contribution < -0.4 is 9.47 Å². The second-order valence-electron chi connectivity index (χ2n) is 4.76. The van der Waals surface area contributed by atoms with Crippen LogP contribution in [0.4, 0.5) is 0 Å². The first-order valence-corrected chi connectivity index (χ1v) is 6.73. The van der Waals surface area contributed by atoms with E-state index in [9.17, 15) is 9.59 Å². The van der Waals surface area contributed by atoms with E-state index in [4.69, 9.17) is 9.47 Å². The van der Waals surface area contributed by atoms with Crippen molar-refractivity contribution in [3.05, 3.63) is 60.7 Å². The summed E-state index contributed by atoms with van der Waals surface area (Å²) < 4.78 is 10.5. The van der Waals surface area contributed by atoms with Gasteiger partial charge in [0.1, 0.15) is 0 Å². The number of esters is 2. The Morgan fingerprint density at radius 1 is 0.909 bits per heavy atom. The van der Waals surface area contributed by atoms with E-state index in [0.717, 1.165) is 5.56 Å². The van der Waals surface area contributed by atoms with E-state index < -0.39 is 11.9 Å². The maximum absolute atomic E-state index is 11.9. The SMILES string of the molecule is C=C(C)C(=O)Oc1c(OC(C)=O)cccc1-c1ccccc1. The molecule has 112 valence electrons. The normalized spacial score (nSPS) is 9.91. The molecular formula is C18H16O4. The zero-order valence-corrected chi connectivity index (χ0v) is 12.5. The Kier molecular flexibility index (Phi) is 4.73. The highest BCUT2D eigenvalue weighted by Gasteiger charge is 2.18. The van der Waals surface area contributed by atoms with Gasteiger partial charge < -0.3 is 9.47 Å². The molecule has 0 aromatic heterocycles. The van der Waals surface area contributed by atoms with Crippen LogP contribution in [-0.4, -0.2) is 11.9 Å². The monoisotopic (exact) mass is 296 g/mol. The Morgan fingerprint density at radius 3 is 2.18 bits per heavy atom. The first-order valence-electron chi connectivity index (χ1n) is 6.73. The third kappa shape index (κ3) is 3.61. The van der Waals surface area contributed by atoms with E-state index in [-0.39, 0.29) is 17.1 Å². The molecule has 2 aromatic rings. The van der Waals surface area contributed by atoms with Crippen molar-refractivity contribution in [1.29, 1.82) is 0 Å². The molecule has 0 amide bonds. The quantitative estimate of drug-likeness (QED) is 0.490. The van der Waals surface area contributed by atoms with Gasteiger partial charge in [0, 0.05) is 18.1 Å². The van der Waals surface area contributed by atoms with Gasteiger partial charge in [-0.1, -0.05) is 49.0 Å². The molecule has 0 unspecified atom stereocenters. The number of hydrogen-bond acceptors (Lipinski definition) is 4. The van der Waals surface area contributed by atoms with Crippen molar-refractivity contribution < 1.29 is 19.1 Å². The molecule has 0 bridgehead atoms. The minimum absolute atomic E-state index is 0.198. The number of para-hydroxylation sites is 1. The average Bonchev–Trinajstić information content (AvgIpc) is 2.49. The van der Waals surface area contributed by atoms with Gasteiger partial charge in [-0.3, -0.25) is 4.79 Å². The first-order chi connectivity index (χ1) is 10.5. The molecule has 22 heavy (non-hydrogen) atoms. The molecule has 0 spiro atoms. The first kappa shape index (κ1) is 15.5. The van der Waals surface area contributed by atoms with E-state index >= 15 is 0 Å². The fraction of sp³-hybridized carbons (Fsp3) is 0.111. The Hall–Kier alpha value is -2.88. The summed E-state index contributed by atoms with van der Waals surface area (Å²) in [6.45, 7) is 6.41. The predicted molar refractivity (Wildman–Crippen MR) is 83.6 cm³/mol. The third-order valence-corrected chi connectivity index (χ3v) is 2.86.